The summed E-state index contributed by atoms with van der Waals surface area (Å²) in [6.45, 7) is 2.01. The Kier molecular flexibility index (Phi) is 2.59. The van der Waals surface area contributed by atoms with Crippen molar-refractivity contribution in [2.24, 2.45) is 5.41 Å². The summed E-state index contributed by atoms with van der Waals surface area (Å²) >= 11 is 6.29. The van der Waals surface area contributed by atoms with Crippen molar-refractivity contribution >= 4 is 31.3 Å². The van der Waals surface area contributed by atoms with Crippen LogP contribution in [0, 0.1) is 12.3 Å². The molecule has 0 aromatic heterocycles. The first-order valence-corrected chi connectivity index (χ1v) is 8.78. The smallest absolute Gasteiger partial charge is 0.212 e. The number of aryl methyl sites for hydroxylation is 1. The van der Waals surface area contributed by atoms with E-state index in [4.69, 9.17) is 22.3 Å². The van der Waals surface area contributed by atoms with Crippen LogP contribution in [0.4, 0.5) is 0 Å². The average Bonchev–Trinajstić information content (AvgIpc) is 2.08. The van der Waals surface area contributed by atoms with Crippen LogP contribution in [-0.4, -0.2) is 14.2 Å². The van der Waals surface area contributed by atoms with Crippen LogP contribution in [0.5, 0.6) is 0 Å². The standard InChI is InChI=1S/C13H14Cl2O2S/c1-9-2-3-10(11(14)4-9)13-5-12(6-13,7-13)8-18(15,16)17/h2-4H,5-8H2,1H3. The van der Waals surface area contributed by atoms with Crippen LogP contribution in [-0.2, 0) is 14.5 Å². The Morgan fingerprint density at radius 3 is 2.39 bits per heavy atom. The molecule has 4 rings (SSSR count). The van der Waals surface area contributed by atoms with Crippen LogP contribution >= 0.6 is 22.3 Å². The third-order valence-electron chi connectivity index (χ3n) is 4.31. The Balaban J connectivity index is 1.80. The molecule has 5 heteroatoms. The molecule has 0 amide bonds. The highest BCUT2D eigenvalue weighted by Crippen LogP contribution is 2.74. The van der Waals surface area contributed by atoms with Gasteiger partial charge in [0.15, 0.2) is 0 Å². The number of hydrogen-bond donors (Lipinski definition) is 0. The minimum Gasteiger partial charge on any atom is -0.212 e. The molecule has 98 valence electrons. The van der Waals surface area contributed by atoms with E-state index < -0.39 is 9.05 Å². The van der Waals surface area contributed by atoms with E-state index >= 15 is 0 Å². The van der Waals surface area contributed by atoms with Gasteiger partial charge in [0, 0.05) is 15.7 Å². The first-order chi connectivity index (χ1) is 8.24. The van der Waals surface area contributed by atoms with Gasteiger partial charge in [-0.2, -0.15) is 0 Å². The van der Waals surface area contributed by atoms with Gasteiger partial charge < -0.3 is 0 Å². The highest BCUT2D eigenvalue weighted by Gasteiger charge is 2.69. The zero-order valence-electron chi connectivity index (χ0n) is 10.0. The van der Waals surface area contributed by atoms with Crippen molar-refractivity contribution in [2.75, 3.05) is 5.75 Å². The fourth-order valence-corrected chi connectivity index (χ4v) is 6.02. The molecule has 18 heavy (non-hydrogen) atoms. The Hall–Kier alpha value is -0.250. The van der Waals surface area contributed by atoms with Gasteiger partial charge in [0.05, 0.1) is 5.75 Å². The molecule has 3 fully saturated rings. The lowest BCUT2D eigenvalue weighted by atomic mass is 9.34. The number of benzene rings is 1. The number of hydrogen-bond acceptors (Lipinski definition) is 2. The first kappa shape index (κ1) is 12.8. The molecule has 1 aromatic rings. The zero-order valence-corrected chi connectivity index (χ0v) is 12.4. The molecule has 3 aliphatic carbocycles. The van der Waals surface area contributed by atoms with Gasteiger partial charge in [0.1, 0.15) is 0 Å². The molecule has 3 saturated carbocycles. The van der Waals surface area contributed by atoms with E-state index in [1.165, 1.54) is 5.56 Å². The highest BCUT2D eigenvalue weighted by molar-refractivity contribution is 8.13. The van der Waals surface area contributed by atoms with Crippen LogP contribution in [0.1, 0.15) is 30.4 Å². The molecule has 0 aliphatic heterocycles. The summed E-state index contributed by atoms with van der Waals surface area (Å²) in [6.07, 6.45) is 2.69. The third kappa shape index (κ3) is 1.87. The van der Waals surface area contributed by atoms with Crippen LogP contribution in [0.2, 0.25) is 5.02 Å². The van der Waals surface area contributed by atoms with Gasteiger partial charge in [-0.1, -0.05) is 23.7 Å². The second-order valence-corrected chi connectivity index (χ2v) is 9.16. The molecule has 0 saturated heterocycles. The normalized spacial score (nSPS) is 33.7. The molecular weight excluding hydrogens is 291 g/mol. The van der Waals surface area contributed by atoms with Crippen molar-refractivity contribution in [2.45, 2.75) is 31.6 Å². The van der Waals surface area contributed by atoms with Crippen molar-refractivity contribution in [1.82, 2.24) is 0 Å². The molecule has 1 aromatic carbocycles. The van der Waals surface area contributed by atoms with E-state index in [9.17, 15) is 8.42 Å². The van der Waals surface area contributed by atoms with Crippen LogP contribution in [0.25, 0.3) is 0 Å². The van der Waals surface area contributed by atoms with Crippen molar-refractivity contribution < 1.29 is 8.42 Å². The van der Waals surface area contributed by atoms with Gasteiger partial charge in [0.25, 0.3) is 0 Å². The largest absolute Gasteiger partial charge is 0.233 e. The summed E-state index contributed by atoms with van der Waals surface area (Å²) in [5, 5.41) is 0.803. The minimum atomic E-state index is -3.39. The van der Waals surface area contributed by atoms with E-state index in [1.54, 1.807) is 0 Å². The molecule has 0 atom stereocenters. The Morgan fingerprint density at radius 1 is 1.28 bits per heavy atom. The maximum atomic E-state index is 11.2. The molecular formula is C13H14Cl2O2S. The van der Waals surface area contributed by atoms with E-state index in [0.29, 0.717) is 0 Å². The molecule has 2 bridgehead atoms. The molecule has 0 radical (unpaired) electrons. The molecule has 0 spiro atoms. The molecule has 0 heterocycles. The molecule has 2 nitrogen and oxygen atoms in total. The minimum absolute atomic E-state index is 0.0746. The van der Waals surface area contributed by atoms with Crippen molar-refractivity contribution in [3.05, 3.63) is 34.3 Å². The van der Waals surface area contributed by atoms with E-state index in [0.717, 1.165) is 29.8 Å². The maximum absolute atomic E-state index is 11.2. The molecule has 0 unspecified atom stereocenters. The Labute approximate surface area is 117 Å². The van der Waals surface area contributed by atoms with Crippen LogP contribution < -0.4 is 0 Å². The van der Waals surface area contributed by atoms with Gasteiger partial charge >= 0.3 is 0 Å². The van der Waals surface area contributed by atoms with Crippen LogP contribution in [0.3, 0.4) is 0 Å². The van der Waals surface area contributed by atoms with Crippen molar-refractivity contribution in [1.29, 1.82) is 0 Å². The molecule has 0 N–H and O–H groups in total. The fraction of sp³-hybridized carbons (Fsp3) is 0.538. The fourth-order valence-electron chi connectivity index (χ4n) is 3.85. The highest BCUT2D eigenvalue weighted by atomic mass is 35.7. The zero-order chi connectivity index (χ0) is 13.2. The van der Waals surface area contributed by atoms with Gasteiger partial charge in [-0.15, -0.1) is 0 Å². The summed E-state index contributed by atoms with van der Waals surface area (Å²) in [7, 11) is 1.95. The summed E-state index contributed by atoms with van der Waals surface area (Å²) in [5.74, 6) is 0.104. The lowest BCUT2D eigenvalue weighted by Crippen LogP contribution is -2.66. The Bertz CT molecular complexity index is 602. The first-order valence-electron chi connectivity index (χ1n) is 5.93. The van der Waals surface area contributed by atoms with Gasteiger partial charge in [-0.25, -0.2) is 8.42 Å². The summed E-state index contributed by atoms with van der Waals surface area (Å²) in [4.78, 5) is 0. The van der Waals surface area contributed by atoms with E-state index in [1.807, 2.05) is 13.0 Å². The van der Waals surface area contributed by atoms with Gasteiger partial charge in [-0.05, 0) is 54.2 Å². The second kappa shape index (κ2) is 3.65. The second-order valence-electron chi connectivity index (χ2n) is 5.98. The third-order valence-corrected chi connectivity index (χ3v) is 5.91. The predicted octanol–water partition coefficient (Wildman–Crippen LogP) is 3.64. The summed E-state index contributed by atoms with van der Waals surface area (Å²) in [5.41, 5.74) is 2.36. The van der Waals surface area contributed by atoms with Gasteiger partial charge in [-0.3, -0.25) is 0 Å². The Morgan fingerprint density at radius 2 is 1.89 bits per heavy atom. The lowest BCUT2D eigenvalue weighted by Gasteiger charge is -2.71. The predicted molar refractivity (Wildman–Crippen MR) is 73.8 cm³/mol. The SMILES string of the molecule is Cc1ccc(C23CC(CS(=O)(=O)Cl)(C2)C3)c(Cl)c1. The van der Waals surface area contributed by atoms with Crippen molar-refractivity contribution in [3.63, 3.8) is 0 Å². The topological polar surface area (TPSA) is 34.1 Å². The van der Waals surface area contributed by atoms with E-state index in [-0.39, 0.29) is 16.6 Å². The van der Waals surface area contributed by atoms with Crippen molar-refractivity contribution in [3.8, 4) is 0 Å². The van der Waals surface area contributed by atoms with E-state index in [2.05, 4.69) is 12.1 Å². The summed E-state index contributed by atoms with van der Waals surface area (Å²) < 4.78 is 22.3. The van der Waals surface area contributed by atoms with Gasteiger partial charge in [0.2, 0.25) is 9.05 Å². The summed E-state index contributed by atoms with van der Waals surface area (Å²) in [6, 6.07) is 6.12. The quantitative estimate of drug-likeness (QED) is 0.799. The van der Waals surface area contributed by atoms with Crippen LogP contribution in [0.15, 0.2) is 18.2 Å². The lowest BCUT2D eigenvalue weighted by molar-refractivity contribution is -0.122. The monoisotopic (exact) mass is 304 g/mol. The number of rotatable bonds is 3. The number of halogens is 2. The maximum Gasteiger partial charge on any atom is 0.233 e. The molecule has 3 aliphatic rings. The average molecular weight is 305 g/mol.